The monoisotopic (exact) mass is 388 g/mol. The van der Waals surface area contributed by atoms with Crippen molar-refractivity contribution in [1.29, 1.82) is 0 Å². The highest BCUT2D eigenvalue weighted by molar-refractivity contribution is 6.31. The van der Waals surface area contributed by atoms with Gasteiger partial charge >= 0.3 is 0 Å². The first-order chi connectivity index (χ1) is 13.0. The number of carbonyl (C=O) groups is 2. The summed E-state index contributed by atoms with van der Waals surface area (Å²) in [5.74, 6) is -0.414. The first kappa shape index (κ1) is 19.5. The van der Waals surface area contributed by atoms with Gasteiger partial charge in [-0.25, -0.2) is 0 Å². The topological polar surface area (TPSA) is 66.4 Å². The summed E-state index contributed by atoms with van der Waals surface area (Å²) in [4.78, 5) is 26.6. The summed E-state index contributed by atoms with van der Waals surface area (Å²) in [7, 11) is 2.02. The molecule has 0 radical (unpaired) electrons. The van der Waals surface area contributed by atoms with Crippen LogP contribution in [0.3, 0.4) is 0 Å². The second kappa shape index (κ2) is 8.59. The van der Waals surface area contributed by atoms with E-state index in [1.54, 1.807) is 18.2 Å². The zero-order valence-corrected chi connectivity index (χ0v) is 16.4. The Morgan fingerprint density at radius 3 is 2.78 bits per heavy atom. The molecule has 1 saturated heterocycles. The van der Waals surface area contributed by atoms with Crippen LogP contribution in [0, 0.1) is 6.92 Å². The molecule has 2 heterocycles. The summed E-state index contributed by atoms with van der Waals surface area (Å²) in [6.45, 7) is 2.96. The summed E-state index contributed by atoms with van der Waals surface area (Å²) < 4.78 is 2.10. The first-order valence-electron chi connectivity index (χ1n) is 9.12. The fourth-order valence-electron chi connectivity index (χ4n) is 3.53. The van der Waals surface area contributed by atoms with Gasteiger partial charge in [0.15, 0.2) is 0 Å². The van der Waals surface area contributed by atoms with Crippen molar-refractivity contribution in [3.63, 3.8) is 0 Å². The number of hydrogen-bond acceptors (Lipinski definition) is 3. The first-order valence-corrected chi connectivity index (χ1v) is 9.50. The molecule has 2 N–H and O–H groups in total. The van der Waals surface area contributed by atoms with E-state index in [1.807, 2.05) is 26.2 Å². The van der Waals surface area contributed by atoms with E-state index in [-0.39, 0.29) is 24.4 Å². The average molecular weight is 389 g/mol. The smallest absolute Gasteiger partial charge is 0.243 e. The summed E-state index contributed by atoms with van der Waals surface area (Å²) in [6, 6.07) is 9.71. The minimum absolute atomic E-state index is 0.0621. The highest BCUT2D eigenvalue weighted by atomic mass is 35.5. The van der Waals surface area contributed by atoms with Crippen molar-refractivity contribution in [1.82, 2.24) is 14.8 Å². The molecule has 1 aliphatic heterocycles. The van der Waals surface area contributed by atoms with Crippen molar-refractivity contribution < 1.29 is 9.59 Å². The van der Waals surface area contributed by atoms with Crippen molar-refractivity contribution in [2.75, 3.05) is 25.0 Å². The highest BCUT2D eigenvalue weighted by Crippen LogP contribution is 2.31. The van der Waals surface area contributed by atoms with Crippen LogP contribution in [0.15, 0.2) is 36.5 Å². The molecular weight excluding hydrogens is 364 g/mol. The van der Waals surface area contributed by atoms with Gasteiger partial charge in [0.1, 0.15) is 0 Å². The molecule has 2 aromatic rings. The lowest BCUT2D eigenvalue weighted by atomic mass is 10.1. The van der Waals surface area contributed by atoms with Crippen molar-refractivity contribution in [2.45, 2.75) is 25.8 Å². The normalized spacial score (nSPS) is 17.1. The second-order valence-corrected chi connectivity index (χ2v) is 7.32. The van der Waals surface area contributed by atoms with Crippen LogP contribution < -0.4 is 10.6 Å². The number of nitrogens with zero attached hydrogens (tertiary/aromatic N) is 2. The molecule has 6 nitrogen and oxygen atoms in total. The van der Waals surface area contributed by atoms with E-state index in [1.165, 1.54) is 5.69 Å². The van der Waals surface area contributed by atoms with Gasteiger partial charge in [-0.05, 0) is 56.1 Å². The maximum atomic E-state index is 12.3. The summed E-state index contributed by atoms with van der Waals surface area (Å²) in [6.07, 6.45) is 4.13. The molecule has 0 unspecified atom stereocenters. The maximum Gasteiger partial charge on any atom is 0.243 e. The van der Waals surface area contributed by atoms with E-state index in [0.717, 1.165) is 24.9 Å². The highest BCUT2D eigenvalue weighted by Gasteiger charge is 2.28. The van der Waals surface area contributed by atoms with E-state index in [4.69, 9.17) is 11.6 Å². The third-order valence-electron chi connectivity index (χ3n) is 5.02. The van der Waals surface area contributed by atoms with Gasteiger partial charge < -0.3 is 15.2 Å². The molecule has 1 aromatic carbocycles. The van der Waals surface area contributed by atoms with E-state index in [9.17, 15) is 9.59 Å². The lowest BCUT2D eigenvalue weighted by Gasteiger charge is -2.24. The third kappa shape index (κ3) is 4.70. The predicted octanol–water partition coefficient (Wildman–Crippen LogP) is 2.88. The van der Waals surface area contributed by atoms with Crippen LogP contribution in [0.1, 0.15) is 30.1 Å². The Morgan fingerprint density at radius 1 is 1.22 bits per heavy atom. The lowest BCUT2D eigenvalue weighted by molar-refractivity contribution is -0.125. The minimum Gasteiger partial charge on any atom is -0.353 e. The molecule has 2 amide bonds. The number of halogens is 1. The van der Waals surface area contributed by atoms with Crippen LogP contribution in [-0.2, 0) is 16.6 Å². The van der Waals surface area contributed by atoms with Gasteiger partial charge in [0.25, 0.3) is 0 Å². The van der Waals surface area contributed by atoms with Crippen LogP contribution >= 0.6 is 11.6 Å². The number of carbonyl (C=O) groups excluding carboxylic acids is 2. The predicted molar refractivity (Wildman–Crippen MR) is 107 cm³/mol. The van der Waals surface area contributed by atoms with Gasteiger partial charge in [0.2, 0.25) is 11.8 Å². The fourth-order valence-corrected chi connectivity index (χ4v) is 3.70. The Labute approximate surface area is 164 Å². The SMILES string of the molecule is Cc1c(Cl)cccc1NC(=O)CNC(=O)CN1CCC[C@@H]1c1cccn1C. The molecule has 1 aromatic heterocycles. The van der Waals surface area contributed by atoms with Crippen molar-refractivity contribution in [2.24, 2.45) is 7.05 Å². The van der Waals surface area contributed by atoms with Crippen molar-refractivity contribution in [3.8, 4) is 0 Å². The van der Waals surface area contributed by atoms with Crippen LogP contribution in [0.2, 0.25) is 5.02 Å². The summed E-state index contributed by atoms with van der Waals surface area (Å²) in [5.41, 5.74) is 2.68. The summed E-state index contributed by atoms with van der Waals surface area (Å²) in [5, 5.41) is 6.09. The average Bonchev–Trinajstić information content (AvgIpc) is 3.25. The summed E-state index contributed by atoms with van der Waals surface area (Å²) >= 11 is 6.06. The van der Waals surface area contributed by atoms with Gasteiger partial charge in [-0.1, -0.05) is 17.7 Å². The van der Waals surface area contributed by atoms with E-state index in [0.29, 0.717) is 17.3 Å². The van der Waals surface area contributed by atoms with Crippen LogP contribution in [-0.4, -0.2) is 40.9 Å². The van der Waals surface area contributed by atoms with Crippen molar-refractivity contribution in [3.05, 3.63) is 52.8 Å². The Hall–Kier alpha value is -2.31. The Morgan fingerprint density at radius 2 is 2.04 bits per heavy atom. The molecule has 0 bridgehead atoms. The van der Waals surface area contributed by atoms with Crippen molar-refractivity contribution >= 4 is 29.1 Å². The Balaban J connectivity index is 1.50. The van der Waals surface area contributed by atoms with Crippen LogP contribution in [0.5, 0.6) is 0 Å². The molecule has 1 fully saturated rings. The number of rotatable bonds is 6. The van der Waals surface area contributed by atoms with Gasteiger partial charge in [-0.15, -0.1) is 0 Å². The molecule has 0 spiro atoms. The Bertz CT molecular complexity index is 833. The molecule has 27 heavy (non-hydrogen) atoms. The largest absolute Gasteiger partial charge is 0.353 e. The third-order valence-corrected chi connectivity index (χ3v) is 5.43. The molecule has 1 aliphatic rings. The second-order valence-electron chi connectivity index (χ2n) is 6.91. The molecular formula is C20H25ClN4O2. The standard InChI is InChI=1S/C20H25ClN4O2/c1-14-15(21)6-3-7-16(14)23-19(26)12-22-20(27)13-25-11-5-9-18(25)17-8-4-10-24(17)2/h3-4,6-8,10,18H,5,9,11-13H2,1-2H3,(H,22,27)(H,23,26)/t18-/m1/s1. The van der Waals surface area contributed by atoms with Gasteiger partial charge in [0.05, 0.1) is 19.1 Å². The minimum atomic E-state index is -0.269. The number of anilines is 1. The lowest BCUT2D eigenvalue weighted by Crippen LogP contribution is -2.40. The molecule has 7 heteroatoms. The number of aromatic nitrogens is 1. The number of amides is 2. The number of likely N-dealkylation sites (tertiary alicyclic amines) is 1. The zero-order valence-electron chi connectivity index (χ0n) is 15.7. The van der Waals surface area contributed by atoms with E-state index >= 15 is 0 Å². The van der Waals surface area contributed by atoms with Crippen LogP contribution in [0.4, 0.5) is 5.69 Å². The Kier molecular flexibility index (Phi) is 6.19. The number of nitrogens with one attached hydrogen (secondary N) is 2. The number of hydrogen-bond donors (Lipinski definition) is 2. The molecule has 1 atom stereocenters. The molecule has 3 rings (SSSR count). The van der Waals surface area contributed by atoms with Crippen LogP contribution in [0.25, 0.3) is 0 Å². The molecule has 144 valence electrons. The molecule has 0 aliphatic carbocycles. The van der Waals surface area contributed by atoms with E-state index in [2.05, 4.69) is 26.2 Å². The van der Waals surface area contributed by atoms with Gasteiger partial charge in [-0.2, -0.15) is 0 Å². The fraction of sp³-hybridized carbons (Fsp3) is 0.400. The van der Waals surface area contributed by atoms with E-state index < -0.39 is 0 Å². The number of benzene rings is 1. The molecule has 0 saturated carbocycles. The maximum absolute atomic E-state index is 12.3. The van der Waals surface area contributed by atoms with Gasteiger partial charge in [0, 0.05) is 29.6 Å². The quantitative estimate of drug-likeness (QED) is 0.799. The number of aryl methyl sites for hydroxylation is 1. The van der Waals surface area contributed by atoms with Gasteiger partial charge in [-0.3, -0.25) is 14.5 Å². The zero-order chi connectivity index (χ0) is 19.4.